The Labute approximate surface area is 113 Å². The van der Waals surface area contributed by atoms with Gasteiger partial charge in [0.15, 0.2) is 0 Å². The Kier molecular flexibility index (Phi) is 3.23. The molecule has 2 rings (SSSR count). The molecule has 0 N–H and O–H groups in total. The van der Waals surface area contributed by atoms with Crippen molar-refractivity contribution in [3.05, 3.63) is 33.9 Å². The average Bonchev–Trinajstić information content (AvgIpc) is 2.63. The molecule has 104 valence electrons. The lowest BCUT2D eigenvalue weighted by Crippen LogP contribution is -2.39. The molecule has 1 aromatic rings. The van der Waals surface area contributed by atoms with Gasteiger partial charge in [-0.25, -0.2) is 0 Å². The molecule has 0 unspecified atom stereocenters. The van der Waals surface area contributed by atoms with Crippen molar-refractivity contribution in [1.82, 2.24) is 4.90 Å². The molecule has 1 heterocycles. The first kappa shape index (κ1) is 13.7. The summed E-state index contributed by atoms with van der Waals surface area (Å²) in [5, 5.41) is 10.7. The van der Waals surface area contributed by atoms with E-state index in [-0.39, 0.29) is 29.4 Å². The number of non-ortho nitro benzene ring substituents is 1. The van der Waals surface area contributed by atoms with E-state index >= 15 is 0 Å². The van der Waals surface area contributed by atoms with Crippen LogP contribution >= 0.6 is 0 Å². The fourth-order valence-electron chi connectivity index (χ4n) is 1.84. The highest BCUT2D eigenvalue weighted by atomic mass is 16.6. The fourth-order valence-corrected chi connectivity index (χ4v) is 1.84. The molecule has 0 radical (unpaired) electrons. The molecule has 1 aliphatic rings. The summed E-state index contributed by atoms with van der Waals surface area (Å²) in [4.78, 5) is 47.6. The number of benzene rings is 1. The number of carbonyl (C=O) groups excluding carboxylic acids is 3. The molecule has 0 bridgehead atoms. The summed E-state index contributed by atoms with van der Waals surface area (Å²) in [6, 6.07) is 3.55. The summed E-state index contributed by atoms with van der Waals surface area (Å²) in [7, 11) is 3.06. The third-order valence-electron chi connectivity index (χ3n) is 2.96. The lowest BCUT2D eigenvalue weighted by Gasteiger charge is -2.18. The lowest BCUT2D eigenvalue weighted by molar-refractivity contribution is -0.384. The molecule has 0 spiro atoms. The van der Waals surface area contributed by atoms with Crippen LogP contribution in [0.25, 0.3) is 0 Å². The number of ketones is 1. The van der Waals surface area contributed by atoms with Crippen molar-refractivity contribution in [2.75, 3.05) is 25.5 Å². The van der Waals surface area contributed by atoms with Gasteiger partial charge in [0, 0.05) is 26.2 Å². The van der Waals surface area contributed by atoms with Crippen LogP contribution in [0.1, 0.15) is 10.4 Å². The van der Waals surface area contributed by atoms with Crippen LogP contribution in [0.3, 0.4) is 0 Å². The molecule has 8 nitrogen and oxygen atoms in total. The normalized spacial score (nSPS) is 13.4. The van der Waals surface area contributed by atoms with Crippen molar-refractivity contribution in [1.29, 1.82) is 0 Å². The topological polar surface area (TPSA) is 101 Å². The van der Waals surface area contributed by atoms with Crippen molar-refractivity contribution >= 4 is 29.0 Å². The summed E-state index contributed by atoms with van der Waals surface area (Å²) in [6.07, 6.45) is 0. The van der Waals surface area contributed by atoms with E-state index in [4.69, 9.17) is 0 Å². The van der Waals surface area contributed by atoms with Crippen molar-refractivity contribution in [3.63, 3.8) is 0 Å². The van der Waals surface area contributed by atoms with Gasteiger partial charge in [-0.05, 0) is 6.07 Å². The first-order valence-corrected chi connectivity index (χ1v) is 5.67. The van der Waals surface area contributed by atoms with Gasteiger partial charge in [0.25, 0.3) is 17.4 Å². The summed E-state index contributed by atoms with van der Waals surface area (Å²) < 4.78 is 0. The molecule has 0 saturated carbocycles. The van der Waals surface area contributed by atoms with Crippen LogP contribution in [0.5, 0.6) is 0 Å². The number of fused-ring (bicyclic) bond motifs is 1. The smallest absolute Gasteiger partial charge is 0.299 e. The highest BCUT2D eigenvalue weighted by molar-refractivity contribution is 6.52. The van der Waals surface area contributed by atoms with Gasteiger partial charge in [-0.3, -0.25) is 29.4 Å². The second kappa shape index (κ2) is 4.72. The van der Waals surface area contributed by atoms with E-state index in [1.807, 2.05) is 0 Å². The number of rotatable bonds is 3. The number of hydrogen-bond acceptors (Lipinski definition) is 5. The quantitative estimate of drug-likeness (QED) is 0.446. The van der Waals surface area contributed by atoms with Gasteiger partial charge >= 0.3 is 0 Å². The van der Waals surface area contributed by atoms with Crippen molar-refractivity contribution < 1.29 is 19.3 Å². The molecule has 0 fully saturated rings. The molecule has 1 aliphatic heterocycles. The summed E-state index contributed by atoms with van der Waals surface area (Å²) in [6.45, 7) is -0.275. The average molecular weight is 277 g/mol. The predicted molar refractivity (Wildman–Crippen MR) is 68.5 cm³/mol. The van der Waals surface area contributed by atoms with Crippen LogP contribution in [0.4, 0.5) is 11.4 Å². The van der Waals surface area contributed by atoms with Gasteiger partial charge < -0.3 is 4.90 Å². The predicted octanol–water partition coefficient (Wildman–Crippen LogP) is 0.212. The number of anilines is 1. The monoisotopic (exact) mass is 277 g/mol. The summed E-state index contributed by atoms with van der Waals surface area (Å²) in [5.41, 5.74) is -0.0951. The number of nitro benzene ring substituents is 1. The number of nitrogens with zero attached hydrogens (tertiary/aromatic N) is 3. The first-order chi connectivity index (χ1) is 9.32. The Balaban J connectivity index is 2.41. The zero-order chi connectivity index (χ0) is 15.0. The van der Waals surface area contributed by atoms with E-state index < -0.39 is 16.6 Å². The van der Waals surface area contributed by atoms with Gasteiger partial charge in [0.1, 0.15) is 6.54 Å². The summed E-state index contributed by atoms with van der Waals surface area (Å²) >= 11 is 0. The third kappa shape index (κ3) is 2.11. The molecule has 1 aromatic carbocycles. The molecule has 0 aromatic heterocycles. The van der Waals surface area contributed by atoms with Gasteiger partial charge in [-0.2, -0.15) is 0 Å². The van der Waals surface area contributed by atoms with Gasteiger partial charge in [-0.1, -0.05) is 0 Å². The van der Waals surface area contributed by atoms with Crippen molar-refractivity contribution in [3.8, 4) is 0 Å². The Morgan fingerprint density at radius 2 is 2.00 bits per heavy atom. The van der Waals surface area contributed by atoms with Gasteiger partial charge in [0.05, 0.1) is 16.2 Å². The number of carbonyl (C=O) groups is 3. The van der Waals surface area contributed by atoms with Gasteiger partial charge in [0.2, 0.25) is 5.91 Å². The van der Waals surface area contributed by atoms with Crippen LogP contribution in [-0.2, 0) is 9.59 Å². The van der Waals surface area contributed by atoms with Crippen molar-refractivity contribution in [2.45, 2.75) is 0 Å². The van der Waals surface area contributed by atoms with Crippen molar-refractivity contribution in [2.24, 2.45) is 0 Å². The Hall–Kier alpha value is -2.77. The van der Waals surface area contributed by atoms with Gasteiger partial charge in [-0.15, -0.1) is 0 Å². The van der Waals surface area contributed by atoms with Crippen LogP contribution in [0.2, 0.25) is 0 Å². The molecule has 2 amide bonds. The van der Waals surface area contributed by atoms with Crippen LogP contribution in [0, 0.1) is 10.1 Å². The largest absolute Gasteiger partial charge is 0.347 e. The maximum atomic E-state index is 11.8. The number of likely N-dealkylation sites (N-methyl/N-ethyl adjacent to an activating group) is 1. The maximum absolute atomic E-state index is 11.8. The van der Waals surface area contributed by atoms with E-state index in [0.29, 0.717) is 0 Å². The maximum Gasteiger partial charge on any atom is 0.299 e. The van der Waals surface area contributed by atoms with Crippen LogP contribution < -0.4 is 4.90 Å². The molecule has 20 heavy (non-hydrogen) atoms. The highest BCUT2D eigenvalue weighted by Crippen LogP contribution is 2.31. The zero-order valence-corrected chi connectivity index (χ0v) is 10.8. The Morgan fingerprint density at radius 1 is 1.35 bits per heavy atom. The highest BCUT2D eigenvalue weighted by Gasteiger charge is 2.38. The standard InChI is InChI=1S/C12H11N3O5/c1-13(2)10(16)6-14-9-4-3-7(15(19)20)5-8(9)11(17)12(14)18/h3-5H,6H2,1-2H3. The van der Waals surface area contributed by atoms with E-state index in [9.17, 15) is 24.5 Å². The lowest BCUT2D eigenvalue weighted by atomic mass is 10.1. The minimum atomic E-state index is -0.851. The summed E-state index contributed by atoms with van der Waals surface area (Å²) in [5.74, 6) is -2.04. The SMILES string of the molecule is CN(C)C(=O)CN1C(=O)C(=O)c2cc([N+](=O)[O-])ccc21. The molecule has 8 heteroatoms. The first-order valence-electron chi connectivity index (χ1n) is 5.67. The Morgan fingerprint density at radius 3 is 2.55 bits per heavy atom. The van der Waals surface area contributed by atoms with E-state index in [0.717, 1.165) is 11.0 Å². The number of nitro groups is 1. The second-order valence-corrected chi connectivity index (χ2v) is 4.47. The number of Topliss-reactive ketones (excluding diaryl/α,β-unsaturated/α-hetero) is 1. The molecule has 0 atom stereocenters. The van der Waals surface area contributed by atoms with Crippen LogP contribution in [0.15, 0.2) is 18.2 Å². The minimum Gasteiger partial charge on any atom is -0.347 e. The molecular formula is C12H11N3O5. The van der Waals surface area contributed by atoms with E-state index in [2.05, 4.69) is 0 Å². The van der Waals surface area contributed by atoms with E-state index in [1.54, 1.807) is 0 Å². The molecular weight excluding hydrogens is 266 g/mol. The third-order valence-corrected chi connectivity index (χ3v) is 2.96. The Bertz CT molecular complexity index is 638. The number of hydrogen-bond donors (Lipinski definition) is 0. The molecule has 0 aliphatic carbocycles. The number of amides is 2. The molecule has 0 saturated heterocycles. The minimum absolute atomic E-state index is 0.0456. The second-order valence-electron chi connectivity index (χ2n) is 4.47. The van der Waals surface area contributed by atoms with Crippen LogP contribution in [-0.4, -0.2) is 48.1 Å². The van der Waals surface area contributed by atoms with E-state index in [1.165, 1.54) is 31.1 Å². The fraction of sp³-hybridized carbons (Fsp3) is 0.250. The zero-order valence-electron chi connectivity index (χ0n) is 10.8.